The van der Waals surface area contributed by atoms with Crippen LogP contribution in [-0.4, -0.2) is 24.7 Å². The molecule has 0 spiro atoms. The van der Waals surface area contributed by atoms with Crippen molar-refractivity contribution in [1.82, 2.24) is 24.7 Å². The van der Waals surface area contributed by atoms with Crippen LogP contribution in [0.25, 0.3) is 11.1 Å². The van der Waals surface area contributed by atoms with Crippen LogP contribution >= 0.6 is 11.6 Å². The number of hydrogen-bond acceptors (Lipinski definition) is 7. The van der Waals surface area contributed by atoms with Crippen molar-refractivity contribution < 1.29 is 22.3 Å². The maximum absolute atomic E-state index is 13.6. The van der Waals surface area contributed by atoms with Crippen LogP contribution in [0.2, 0.25) is 5.02 Å². The number of alkyl halides is 3. The van der Waals surface area contributed by atoms with Crippen molar-refractivity contribution in [3.05, 3.63) is 97.6 Å². The third-order valence-electron chi connectivity index (χ3n) is 4.69. The lowest BCUT2D eigenvalue weighted by Crippen LogP contribution is -2.27. The summed E-state index contributed by atoms with van der Waals surface area (Å²) >= 11 is 5.87. The summed E-state index contributed by atoms with van der Waals surface area (Å²) < 4.78 is 60.2. The maximum Gasteiger partial charge on any atom is 0.437 e. The van der Waals surface area contributed by atoms with Gasteiger partial charge in [-0.2, -0.15) is 23.5 Å². The van der Waals surface area contributed by atoms with Crippen LogP contribution < -0.4 is 15.9 Å². The van der Waals surface area contributed by atoms with Gasteiger partial charge < -0.3 is 4.74 Å². The molecule has 0 radical (unpaired) electrons. The van der Waals surface area contributed by atoms with E-state index in [4.69, 9.17) is 21.6 Å². The summed E-state index contributed by atoms with van der Waals surface area (Å²) in [5.74, 6) is -2.14. The fourth-order valence-electron chi connectivity index (χ4n) is 3.16. The van der Waals surface area contributed by atoms with Crippen LogP contribution in [0.1, 0.15) is 17.0 Å². The fourth-order valence-corrected chi connectivity index (χ4v) is 3.38. The second kappa shape index (κ2) is 9.59. The zero-order valence-electron chi connectivity index (χ0n) is 17.7. The van der Waals surface area contributed by atoms with Gasteiger partial charge in [-0.05, 0) is 30.3 Å². The van der Waals surface area contributed by atoms with Crippen molar-refractivity contribution in [2.75, 3.05) is 0 Å². The maximum atomic E-state index is 13.6. The molecule has 1 N–H and O–H groups in total. The van der Waals surface area contributed by atoms with E-state index in [1.54, 1.807) is 6.07 Å². The largest absolute Gasteiger partial charge is 0.449 e. The van der Waals surface area contributed by atoms with E-state index >= 15 is 0 Å². The third kappa shape index (κ3) is 5.23. The molecule has 0 fully saturated rings. The first kappa shape index (κ1) is 24.6. The summed E-state index contributed by atoms with van der Waals surface area (Å²) in [6, 6.07) is 7.55. The standard InChI is InChI=1S/C22H11ClF4N6O3/c23-13-1-11(6-28)2-16(4-13)36-18-19(22(25,26)27)30-10-33(21(18)35)9-15-5-17(20(34)32-31-15)12-3-14(24)8-29-7-12/h1-5,7-8,10H,9H2,(H,32,34). The van der Waals surface area contributed by atoms with Crippen molar-refractivity contribution >= 4 is 11.6 Å². The Kier molecular flexibility index (Phi) is 6.54. The molecule has 0 aliphatic rings. The molecule has 0 bridgehead atoms. The molecular weight excluding hydrogens is 508 g/mol. The molecule has 4 aromatic rings. The van der Waals surface area contributed by atoms with Gasteiger partial charge >= 0.3 is 6.18 Å². The van der Waals surface area contributed by atoms with Crippen LogP contribution in [0.5, 0.6) is 11.5 Å². The quantitative estimate of drug-likeness (QED) is 0.397. The summed E-state index contributed by atoms with van der Waals surface area (Å²) in [5, 5.41) is 15.0. The molecule has 3 heterocycles. The first-order valence-corrected chi connectivity index (χ1v) is 10.2. The molecule has 9 nitrogen and oxygen atoms in total. The Morgan fingerprint density at radius 2 is 1.92 bits per heavy atom. The summed E-state index contributed by atoms with van der Waals surface area (Å²) in [6.45, 7) is -0.425. The number of nitriles is 1. The van der Waals surface area contributed by atoms with E-state index < -0.39 is 41.1 Å². The number of hydrogen-bond donors (Lipinski definition) is 1. The number of rotatable bonds is 5. The van der Waals surface area contributed by atoms with Crippen molar-refractivity contribution in [1.29, 1.82) is 5.26 Å². The van der Waals surface area contributed by atoms with E-state index in [0.717, 1.165) is 29.0 Å². The van der Waals surface area contributed by atoms with Gasteiger partial charge in [-0.3, -0.25) is 19.1 Å². The SMILES string of the molecule is N#Cc1cc(Cl)cc(Oc2c(C(F)(F)F)ncn(Cc3cc(-c4cncc(F)c4)c(=O)[nH]n3)c2=O)c1. The second-order valence-corrected chi connectivity index (χ2v) is 7.67. The number of halogens is 5. The molecular formula is C22H11ClF4N6O3. The highest BCUT2D eigenvalue weighted by Gasteiger charge is 2.38. The molecule has 0 aliphatic heterocycles. The Morgan fingerprint density at radius 3 is 2.61 bits per heavy atom. The van der Waals surface area contributed by atoms with E-state index in [9.17, 15) is 27.2 Å². The molecule has 182 valence electrons. The molecule has 0 unspecified atom stereocenters. The van der Waals surface area contributed by atoms with Gasteiger partial charge in [0, 0.05) is 16.8 Å². The van der Waals surface area contributed by atoms with Crippen molar-refractivity contribution in [3.8, 4) is 28.7 Å². The number of pyridine rings is 1. The molecule has 0 atom stereocenters. The Balaban J connectivity index is 1.77. The summed E-state index contributed by atoms with van der Waals surface area (Å²) in [7, 11) is 0. The number of aromatic amines is 1. The predicted molar refractivity (Wildman–Crippen MR) is 117 cm³/mol. The Labute approximate surface area is 203 Å². The van der Waals surface area contributed by atoms with Gasteiger partial charge in [0.1, 0.15) is 11.6 Å². The highest BCUT2D eigenvalue weighted by Crippen LogP contribution is 2.35. The van der Waals surface area contributed by atoms with Crippen LogP contribution in [0.15, 0.2) is 58.6 Å². The predicted octanol–water partition coefficient (Wildman–Crippen LogP) is 3.91. The monoisotopic (exact) mass is 518 g/mol. The normalized spacial score (nSPS) is 11.2. The molecule has 0 saturated carbocycles. The fraction of sp³-hybridized carbons (Fsp3) is 0.0909. The van der Waals surface area contributed by atoms with Gasteiger partial charge in [-0.15, -0.1) is 0 Å². The van der Waals surface area contributed by atoms with E-state index in [2.05, 4.69) is 20.2 Å². The molecule has 14 heteroatoms. The number of nitrogens with one attached hydrogen (secondary N) is 1. The van der Waals surface area contributed by atoms with E-state index in [1.165, 1.54) is 18.3 Å². The molecule has 4 rings (SSSR count). The van der Waals surface area contributed by atoms with E-state index in [1.807, 2.05) is 0 Å². The first-order chi connectivity index (χ1) is 17.0. The number of aromatic nitrogens is 5. The number of H-pyrrole nitrogens is 1. The average Bonchev–Trinajstić information content (AvgIpc) is 2.81. The van der Waals surface area contributed by atoms with Gasteiger partial charge in [0.05, 0.1) is 42.0 Å². The topological polar surface area (TPSA) is 127 Å². The zero-order valence-corrected chi connectivity index (χ0v) is 18.4. The smallest absolute Gasteiger partial charge is 0.437 e. The summed E-state index contributed by atoms with van der Waals surface area (Å²) in [4.78, 5) is 32.2. The number of nitrogens with zero attached hydrogens (tertiary/aromatic N) is 5. The van der Waals surface area contributed by atoms with Crippen LogP contribution in [0.3, 0.4) is 0 Å². The van der Waals surface area contributed by atoms with E-state index in [-0.39, 0.29) is 33.2 Å². The van der Waals surface area contributed by atoms with Gasteiger partial charge in [-0.25, -0.2) is 14.5 Å². The second-order valence-electron chi connectivity index (χ2n) is 7.24. The minimum Gasteiger partial charge on any atom is -0.449 e. The van der Waals surface area contributed by atoms with Gasteiger partial charge in [-0.1, -0.05) is 11.6 Å². The first-order valence-electron chi connectivity index (χ1n) is 9.80. The van der Waals surface area contributed by atoms with Gasteiger partial charge in [0.2, 0.25) is 5.75 Å². The third-order valence-corrected chi connectivity index (χ3v) is 4.91. The Bertz CT molecular complexity index is 1630. The molecule has 0 saturated heterocycles. The molecule has 3 aromatic heterocycles. The molecule has 36 heavy (non-hydrogen) atoms. The number of ether oxygens (including phenoxy) is 1. The zero-order chi connectivity index (χ0) is 26.0. The molecule has 0 aliphatic carbocycles. The summed E-state index contributed by atoms with van der Waals surface area (Å²) in [5.41, 5.74) is -3.37. The van der Waals surface area contributed by atoms with Crippen molar-refractivity contribution in [3.63, 3.8) is 0 Å². The average molecular weight is 519 g/mol. The van der Waals surface area contributed by atoms with E-state index in [0.29, 0.717) is 6.33 Å². The van der Waals surface area contributed by atoms with Crippen LogP contribution in [0.4, 0.5) is 17.6 Å². The lowest BCUT2D eigenvalue weighted by Gasteiger charge is -2.15. The minimum absolute atomic E-state index is 0.00127. The lowest BCUT2D eigenvalue weighted by molar-refractivity contribution is -0.142. The number of benzene rings is 1. The van der Waals surface area contributed by atoms with Crippen LogP contribution in [0, 0.1) is 17.1 Å². The molecule has 0 amide bonds. The Morgan fingerprint density at radius 1 is 1.14 bits per heavy atom. The van der Waals surface area contributed by atoms with Gasteiger partial charge in [0.25, 0.3) is 11.1 Å². The van der Waals surface area contributed by atoms with Crippen molar-refractivity contribution in [2.45, 2.75) is 12.7 Å². The van der Waals surface area contributed by atoms with Gasteiger partial charge in [0.15, 0.2) is 5.69 Å². The highest BCUT2D eigenvalue weighted by atomic mass is 35.5. The summed E-state index contributed by atoms with van der Waals surface area (Å²) in [6.07, 6.45) is -2.23. The minimum atomic E-state index is -5.04. The lowest BCUT2D eigenvalue weighted by atomic mass is 10.1. The van der Waals surface area contributed by atoms with Crippen molar-refractivity contribution in [2.24, 2.45) is 0 Å². The van der Waals surface area contributed by atoms with Crippen LogP contribution in [-0.2, 0) is 12.7 Å². The Hall–Kier alpha value is -4.57. The molecule has 1 aromatic carbocycles. The highest BCUT2D eigenvalue weighted by molar-refractivity contribution is 6.30.